The summed E-state index contributed by atoms with van der Waals surface area (Å²) in [6.45, 7) is 6.93. The van der Waals surface area contributed by atoms with Crippen LogP contribution in [0, 0.1) is 5.92 Å². The third-order valence-corrected chi connectivity index (χ3v) is 2.85. The van der Waals surface area contributed by atoms with Gasteiger partial charge in [0.1, 0.15) is 6.04 Å². The normalized spacial score (nSPS) is 25.1. The standard InChI is InChI=1S/C11H21NO3/c1-3-4-9(2)7-12-5-6-15-8-10(12)11(13)14/h9-10H,3-8H2,1-2H3,(H,13,14). The Balaban J connectivity index is 2.45. The van der Waals surface area contributed by atoms with Gasteiger partial charge in [-0.2, -0.15) is 0 Å². The van der Waals surface area contributed by atoms with Crippen molar-refractivity contribution >= 4 is 5.97 Å². The fraction of sp³-hybridized carbons (Fsp3) is 0.909. The van der Waals surface area contributed by atoms with Crippen LogP contribution in [0.2, 0.25) is 0 Å². The third-order valence-electron chi connectivity index (χ3n) is 2.85. The molecule has 0 radical (unpaired) electrons. The summed E-state index contributed by atoms with van der Waals surface area (Å²) in [7, 11) is 0. The van der Waals surface area contributed by atoms with Gasteiger partial charge in [0.25, 0.3) is 0 Å². The minimum atomic E-state index is -0.765. The lowest BCUT2D eigenvalue weighted by molar-refractivity contribution is -0.150. The molecule has 1 rings (SSSR count). The van der Waals surface area contributed by atoms with Crippen LogP contribution in [-0.2, 0) is 9.53 Å². The van der Waals surface area contributed by atoms with E-state index in [1.54, 1.807) is 0 Å². The maximum atomic E-state index is 11.0. The Bertz CT molecular complexity index is 208. The summed E-state index contributed by atoms with van der Waals surface area (Å²) in [5.41, 5.74) is 0. The summed E-state index contributed by atoms with van der Waals surface area (Å²) >= 11 is 0. The number of carboxylic acids is 1. The first-order valence-electron chi connectivity index (χ1n) is 5.69. The molecule has 4 heteroatoms. The van der Waals surface area contributed by atoms with E-state index in [1.807, 2.05) is 4.90 Å². The van der Waals surface area contributed by atoms with Gasteiger partial charge in [0.15, 0.2) is 0 Å². The number of rotatable bonds is 5. The molecule has 15 heavy (non-hydrogen) atoms. The van der Waals surface area contributed by atoms with Gasteiger partial charge >= 0.3 is 5.97 Å². The van der Waals surface area contributed by atoms with E-state index in [-0.39, 0.29) is 0 Å². The Morgan fingerprint density at radius 1 is 1.67 bits per heavy atom. The quantitative estimate of drug-likeness (QED) is 0.749. The molecule has 4 nitrogen and oxygen atoms in total. The molecule has 1 aliphatic rings. The number of nitrogens with zero attached hydrogens (tertiary/aromatic N) is 1. The van der Waals surface area contributed by atoms with Crippen molar-refractivity contribution in [3.05, 3.63) is 0 Å². The fourth-order valence-electron chi connectivity index (χ4n) is 2.07. The van der Waals surface area contributed by atoms with Crippen molar-refractivity contribution in [1.29, 1.82) is 0 Å². The highest BCUT2D eigenvalue weighted by Gasteiger charge is 2.29. The number of hydrogen-bond donors (Lipinski definition) is 1. The summed E-state index contributed by atoms with van der Waals surface area (Å²) in [5, 5.41) is 9.03. The monoisotopic (exact) mass is 215 g/mol. The van der Waals surface area contributed by atoms with Crippen LogP contribution in [0.15, 0.2) is 0 Å². The zero-order valence-corrected chi connectivity index (χ0v) is 9.61. The molecule has 0 aromatic heterocycles. The predicted molar refractivity (Wildman–Crippen MR) is 57.9 cm³/mol. The number of carboxylic acid groups (broad SMARTS) is 1. The second-order valence-corrected chi connectivity index (χ2v) is 4.32. The van der Waals surface area contributed by atoms with Crippen molar-refractivity contribution in [2.75, 3.05) is 26.3 Å². The average molecular weight is 215 g/mol. The van der Waals surface area contributed by atoms with Crippen LogP contribution in [0.3, 0.4) is 0 Å². The average Bonchev–Trinajstić information content (AvgIpc) is 2.18. The second-order valence-electron chi connectivity index (χ2n) is 4.32. The second kappa shape index (κ2) is 6.08. The first-order valence-corrected chi connectivity index (χ1v) is 5.69. The van der Waals surface area contributed by atoms with Gasteiger partial charge in [0.2, 0.25) is 0 Å². The summed E-state index contributed by atoms with van der Waals surface area (Å²) in [4.78, 5) is 13.0. The molecule has 1 N–H and O–H groups in total. The van der Waals surface area contributed by atoms with Crippen LogP contribution in [0.4, 0.5) is 0 Å². The van der Waals surface area contributed by atoms with Crippen molar-refractivity contribution in [3.63, 3.8) is 0 Å². The fourth-order valence-corrected chi connectivity index (χ4v) is 2.07. The largest absolute Gasteiger partial charge is 0.480 e. The Labute approximate surface area is 91.2 Å². The van der Waals surface area contributed by atoms with Crippen LogP contribution in [0.5, 0.6) is 0 Å². The van der Waals surface area contributed by atoms with Crippen LogP contribution in [0.1, 0.15) is 26.7 Å². The molecular formula is C11H21NO3. The lowest BCUT2D eigenvalue weighted by Gasteiger charge is -2.34. The lowest BCUT2D eigenvalue weighted by Crippen LogP contribution is -2.51. The molecule has 0 amide bonds. The molecule has 2 atom stereocenters. The topological polar surface area (TPSA) is 49.8 Å². The van der Waals surface area contributed by atoms with Crippen molar-refractivity contribution in [2.45, 2.75) is 32.7 Å². The van der Waals surface area contributed by atoms with E-state index in [2.05, 4.69) is 13.8 Å². The summed E-state index contributed by atoms with van der Waals surface area (Å²) in [5.74, 6) is -0.201. The summed E-state index contributed by atoms with van der Waals surface area (Å²) in [6.07, 6.45) is 2.31. The van der Waals surface area contributed by atoms with Gasteiger partial charge in [-0.15, -0.1) is 0 Å². The SMILES string of the molecule is CCCC(C)CN1CCOCC1C(=O)O. The van der Waals surface area contributed by atoms with E-state index in [4.69, 9.17) is 9.84 Å². The van der Waals surface area contributed by atoms with Gasteiger partial charge < -0.3 is 9.84 Å². The van der Waals surface area contributed by atoms with E-state index in [0.29, 0.717) is 19.1 Å². The Morgan fingerprint density at radius 2 is 2.40 bits per heavy atom. The highest BCUT2D eigenvalue weighted by atomic mass is 16.5. The molecule has 2 unspecified atom stereocenters. The highest BCUT2D eigenvalue weighted by Crippen LogP contribution is 2.13. The molecule has 1 fully saturated rings. The molecule has 0 bridgehead atoms. The number of ether oxygens (including phenoxy) is 1. The maximum Gasteiger partial charge on any atom is 0.323 e. The number of morpholine rings is 1. The van der Waals surface area contributed by atoms with Crippen molar-refractivity contribution in [2.24, 2.45) is 5.92 Å². The van der Waals surface area contributed by atoms with E-state index < -0.39 is 12.0 Å². The van der Waals surface area contributed by atoms with Crippen LogP contribution in [0.25, 0.3) is 0 Å². The van der Waals surface area contributed by atoms with Crippen molar-refractivity contribution in [1.82, 2.24) is 4.90 Å². The van der Waals surface area contributed by atoms with Crippen LogP contribution >= 0.6 is 0 Å². The summed E-state index contributed by atoms with van der Waals surface area (Å²) in [6, 6.07) is -0.446. The van der Waals surface area contributed by atoms with E-state index >= 15 is 0 Å². The van der Waals surface area contributed by atoms with Gasteiger partial charge in [0, 0.05) is 13.1 Å². The highest BCUT2D eigenvalue weighted by molar-refractivity contribution is 5.73. The smallest absolute Gasteiger partial charge is 0.323 e. The van der Waals surface area contributed by atoms with Crippen molar-refractivity contribution in [3.8, 4) is 0 Å². The van der Waals surface area contributed by atoms with Gasteiger partial charge in [-0.1, -0.05) is 20.3 Å². The molecule has 0 spiro atoms. The molecule has 0 aliphatic carbocycles. The van der Waals surface area contributed by atoms with Gasteiger partial charge in [-0.3, -0.25) is 9.69 Å². The molecule has 1 aliphatic heterocycles. The number of carbonyl (C=O) groups is 1. The Morgan fingerprint density at radius 3 is 3.00 bits per heavy atom. The number of aliphatic carboxylic acids is 1. The first kappa shape index (κ1) is 12.5. The molecule has 1 saturated heterocycles. The third kappa shape index (κ3) is 3.80. The number of hydrogen-bond acceptors (Lipinski definition) is 3. The molecule has 1 heterocycles. The van der Waals surface area contributed by atoms with E-state index in [1.165, 1.54) is 0 Å². The minimum Gasteiger partial charge on any atom is -0.480 e. The van der Waals surface area contributed by atoms with E-state index in [9.17, 15) is 4.79 Å². The van der Waals surface area contributed by atoms with E-state index in [0.717, 1.165) is 25.9 Å². The zero-order valence-electron chi connectivity index (χ0n) is 9.61. The molecular weight excluding hydrogens is 194 g/mol. The molecule has 88 valence electrons. The minimum absolute atomic E-state index is 0.328. The lowest BCUT2D eigenvalue weighted by atomic mass is 10.0. The Kier molecular flexibility index (Phi) is 5.05. The van der Waals surface area contributed by atoms with Crippen molar-refractivity contribution < 1.29 is 14.6 Å². The van der Waals surface area contributed by atoms with Gasteiger partial charge in [0.05, 0.1) is 13.2 Å². The van der Waals surface area contributed by atoms with Crippen LogP contribution in [-0.4, -0.2) is 48.3 Å². The van der Waals surface area contributed by atoms with Gasteiger partial charge in [-0.25, -0.2) is 0 Å². The predicted octanol–water partition coefficient (Wildman–Crippen LogP) is 1.21. The van der Waals surface area contributed by atoms with Crippen LogP contribution < -0.4 is 0 Å². The Hall–Kier alpha value is -0.610. The maximum absolute atomic E-state index is 11.0. The first-order chi connectivity index (χ1) is 7.15. The molecule has 0 aromatic rings. The zero-order chi connectivity index (χ0) is 11.3. The molecule has 0 aromatic carbocycles. The van der Waals surface area contributed by atoms with Gasteiger partial charge in [-0.05, 0) is 12.3 Å². The summed E-state index contributed by atoms with van der Waals surface area (Å²) < 4.78 is 5.19. The molecule has 0 saturated carbocycles.